The van der Waals surface area contributed by atoms with E-state index in [1.807, 2.05) is 0 Å². The van der Waals surface area contributed by atoms with Crippen LogP contribution in [0.5, 0.6) is 0 Å². The molecule has 1 fully saturated rings. The maximum atomic E-state index is 9.15. The zero-order chi connectivity index (χ0) is 13.0. The van der Waals surface area contributed by atoms with Crippen molar-refractivity contribution < 1.29 is 25.2 Å². The lowest BCUT2D eigenvalue weighted by Gasteiger charge is -2.22. The van der Waals surface area contributed by atoms with Crippen molar-refractivity contribution in [2.75, 3.05) is 33.0 Å². The van der Waals surface area contributed by atoms with Crippen molar-refractivity contribution in [1.29, 1.82) is 0 Å². The Kier molecular flexibility index (Phi) is 10.8. The molecule has 0 atom stereocenters. The fourth-order valence-electron chi connectivity index (χ4n) is 1.53. The molecular formula is C12H26O5. The molecule has 1 saturated carbocycles. The maximum absolute atomic E-state index is 9.15. The smallest absolute Gasteiger partial charge is 0.134 e. The molecule has 0 unspecified atom stereocenters. The summed E-state index contributed by atoms with van der Waals surface area (Å²) in [4.78, 5) is 0. The molecule has 1 rings (SSSR count). The summed E-state index contributed by atoms with van der Waals surface area (Å²) in [5.74, 6) is 0. The van der Waals surface area contributed by atoms with Gasteiger partial charge in [-0.2, -0.15) is 0 Å². The van der Waals surface area contributed by atoms with Gasteiger partial charge in [-0.1, -0.05) is 38.5 Å². The summed E-state index contributed by atoms with van der Waals surface area (Å²) in [6.45, 7) is -1.36. The number of aliphatic hydroxyl groups is 4. The fraction of sp³-hybridized carbons (Fsp3) is 1.00. The monoisotopic (exact) mass is 250 g/mol. The number of hydrogen-bond donors (Lipinski definition) is 4. The molecule has 0 heterocycles. The Morgan fingerprint density at radius 1 is 0.824 bits per heavy atom. The lowest BCUT2D eigenvalue weighted by Crippen LogP contribution is -2.42. The molecule has 0 aromatic heterocycles. The highest BCUT2D eigenvalue weighted by molar-refractivity contribution is 4.75. The van der Waals surface area contributed by atoms with Gasteiger partial charge in [-0.05, 0) is 0 Å². The van der Waals surface area contributed by atoms with Gasteiger partial charge in [0.05, 0.1) is 33.0 Å². The van der Waals surface area contributed by atoms with Crippen molar-refractivity contribution in [2.24, 2.45) is 0 Å². The minimum atomic E-state index is -1.59. The van der Waals surface area contributed by atoms with Crippen LogP contribution >= 0.6 is 0 Å². The first-order valence-corrected chi connectivity index (χ1v) is 6.31. The summed E-state index contributed by atoms with van der Waals surface area (Å²) in [6.07, 6.45) is 9.00. The molecular weight excluding hydrogens is 224 g/mol. The fourth-order valence-corrected chi connectivity index (χ4v) is 1.53. The molecule has 1 aliphatic rings. The number of ether oxygens (including phenoxy) is 1. The molecule has 17 heavy (non-hydrogen) atoms. The molecule has 104 valence electrons. The average molecular weight is 250 g/mol. The number of aliphatic hydroxyl groups excluding tert-OH is 3. The largest absolute Gasteiger partial charge is 0.394 e. The Morgan fingerprint density at radius 2 is 1.24 bits per heavy atom. The molecule has 0 saturated heterocycles. The van der Waals surface area contributed by atoms with Crippen molar-refractivity contribution in [2.45, 2.75) is 44.1 Å². The van der Waals surface area contributed by atoms with Crippen molar-refractivity contribution in [3.05, 3.63) is 0 Å². The summed E-state index contributed by atoms with van der Waals surface area (Å²) < 4.78 is 4.71. The van der Waals surface area contributed by atoms with Crippen LogP contribution in [-0.4, -0.2) is 59.1 Å². The summed E-state index contributed by atoms with van der Waals surface area (Å²) in [5, 5.41) is 34.5. The van der Waals surface area contributed by atoms with Crippen molar-refractivity contribution in [3.8, 4) is 0 Å². The maximum Gasteiger partial charge on any atom is 0.134 e. The average Bonchev–Trinajstić information content (AvgIpc) is 2.41. The molecule has 0 aromatic rings. The lowest BCUT2D eigenvalue weighted by atomic mass is 10.0. The molecule has 0 bridgehead atoms. The van der Waals surface area contributed by atoms with Crippen molar-refractivity contribution in [3.63, 3.8) is 0 Å². The molecule has 0 amide bonds. The van der Waals surface area contributed by atoms with Gasteiger partial charge in [0.1, 0.15) is 5.60 Å². The van der Waals surface area contributed by atoms with Gasteiger partial charge in [-0.15, -0.1) is 0 Å². The molecule has 0 aliphatic heterocycles. The zero-order valence-electron chi connectivity index (χ0n) is 10.5. The minimum absolute atomic E-state index is 0.0856. The third-order valence-corrected chi connectivity index (χ3v) is 2.69. The Morgan fingerprint density at radius 3 is 1.53 bits per heavy atom. The van der Waals surface area contributed by atoms with Crippen LogP contribution in [0.4, 0.5) is 0 Å². The Bertz CT molecular complexity index is 143. The predicted molar refractivity (Wildman–Crippen MR) is 64.7 cm³/mol. The topological polar surface area (TPSA) is 90.2 Å². The van der Waals surface area contributed by atoms with Gasteiger partial charge >= 0.3 is 0 Å². The van der Waals surface area contributed by atoms with Crippen molar-refractivity contribution in [1.82, 2.24) is 0 Å². The van der Waals surface area contributed by atoms with E-state index >= 15 is 0 Å². The quantitative estimate of drug-likeness (QED) is 0.500. The third-order valence-electron chi connectivity index (χ3n) is 2.69. The van der Waals surface area contributed by atoms with E-state index in [9.17, 15) is 0 Å². The predicted octanol–water partition coefficient (Wildman–Crippen LogP) is 0.0516. The highest BCUT2D eigenvalue weighted by Gasteiger charge is 2.24. The van der Waals surface area contributed by atoms with Crippen LogP contribution in [0, 0.1) is 0 Å². The van der Waals surface area contributed by atoms with Crippen molar-refractivity contribution >= 4 is 0 Å². The summed E-state index contributed by atoms with van der Waals surface area (Å²) in [5.41, 5.74) is -1.59. The first-order chi connectivity index (χ1) is 8.18. The van der Waals surface area contributed by atoms with E-state index in [1.165, 1.54) is 38.5 Å². The minimum Gasteiger partial charge on any atom is -0.394 e. The van der Waals surface area contributed by atoms with Gasteiger partial charge in [0.15, 0.2) is 0 Å². The van der Waals surface area contributed by atoms with Crippen LogP contribution in [0.3, 0.4) is 0 Å². The second-order valence-corrected chi connectivity index (χ2v) is 4.44. The van der Waals surface area contributed by atoms with Crippen LogP contribution in [0.25, 0.3) is 0 Å². The van der Waals surface area contributed by atoms with E-state index in [0.717, 1.165) is 0 Å². The Balaban J connectivity index is 0.000000354. The van der Waals surface area contributed by atoms with E-state index in [-0.39, 0.29) is 19.8 Å². The van der Waals surface area contributed by atoms with Crippen LogP contribution in [0.1, 0.15) is 38.5 Å². The Hall–Kier alpha value is -0.200. The van der Waals surface area contributed by atoms with Gasteiger partial charge in [0.2, 0.25) is 0 Å². The first-order valence-electron chi connectivity index (χ1n) is 6.31. The highest BCUT2D eigenvalue weighted by atomic mass is 16.5. The number of rotatable bonds is 6. The van der Waals surface area contributed by atoms with Crippen LogP contribution in [0.2, 0.25) is 0 Å². The second-order valence-electron chi connectivity index (χ2n) is 4.44. The Labute approximate surface area is 103 Å². The molecule has 5 nitrogen and oxygen atoms in total. The molecule has 0 spiro atoms. The molecule has 5 heteroatoms. The standard InChI is InChI=1S/C6H14O5.C6H12/c7-1-2-11-5-6(10,3-8)4-9;1-2-4-6-5-3-1/h7-10H,1-5H2;1-6H2. The van der Waals surface area contributed by atoms with Crippen LogP contribution in [-0.2, 0) is 4.74 Å². The zero-order valence-corrected chi connectivity index (χ0v) is 10.5. The molecule has 0 radical (unpaired) electrons. The lowest BCUT2D eigenvalue weighted by molar-refractivity contribution is -0.107. The van der Waals surface area contributed by atoms with Gasteiger partial charge < -0.3 is 25.2 Å². The number of hydrogen-bond acceptors (Lipinski definition) is 5. The van der Waals surface area contributed by atoms with E-state index in [0.29, 0.717) is 0 Å². The van der Waals surface area contributed by atoms with Gasteiger partial charge in [0, 0.05) is 0 Å². The van der Waals surface area contributed by atoms with Crippen LogP contribution < -0.4 is 0 Å². The van der Waals surface area contributed by atoms with E-state index in [1.54, 1.807) is 0 Å². The highest BCUT2D eigenvalue weighted by Crippen LogP contribution is 2.15. The summed E-state index contributed by atoms with van der Waals surface area (Å²) >= 11 is 0. The van der Waals surface area contributed by atoms with Gasteiger partial charge in [-0.25, -0.2) is 0 Å². The van der Waals surface area contributed by atoms with Gasteiger partial charge in [0.25, 0.3) is 0 Å². The summed E-state index contributed by atoms with van der Waals surface area (Å²) in [7, 11) is 0. The van der Waals surface area contributed by atoms with Crippen LogP contribution in [0.15, 0.2) is 0 Å². The van der Waals surface area contributed by atoms with E-state index in [2.05, 4.69) is 0 Å². The third kappa shape index (κ3) is 9.50. The normalized spacial score (nSPS) is 16.2. The SMILES string of the molecule is C1CCCCC1.OCCOCC(O)(CO)CO. The van der Waals surface area contributed by atoms with Gasteiger partial charge in [-0.3, -0.25) is 0 Å². The summed E-state index contributed by atoms with van der Waals surface area (Å²) in [6, 6.07) is 0. The van der Waals surface area contributed by atoms with E-state index < -0.39 is 18.8 Å². The second kappa shape index (κ2) is 10.9. The molecule has 1 aliphatic carbocycles. The molecule has 4 N–H and O–H groups in total. The molecule has 0 aromatic carbocycles. The van der Waals surface area contributed by atoms with E-state index in [4.69, 9.17) is 25.2 Å². The first kappa shape index (κ1) is 16.8.